The van der Waals surface area contributed by atoms with Crippen LogP contribution in [0.15, 0.2) is 0 Å². The first-order chi connectivity index (χ1) is 10.8. The second kappa shape index (κ2) is 7.19. The van der Waals surface area contributed by atoms with Gasteiger partial charge in [-0.25, -0.2) is 9.67 Å². The van der Waals surface area contributed by atoms with Crippen LogP contribution in [0.5, 0.6) is 0 Å². The predicted octanol–water partition coefficient (Wildman–Crippen LogP) is -0.00620. The zero-order valence-corrected chi connectivity index (χ0v) is 13.3. The molecule has 2 aliphatic rings. The number of aromatic nitrogens is 3. The number of carbonyl (C=O) groups excluding carboxylic acids is 1. The summed E-state index contributed by atoms with van der Waals surface area (Å²) >= 11 is 0. The summed E-state index contributed by atoms with van der Waals surface area (Å²) in [6.45, 7) is 6.44. The number of hydrogen-bond acceptors (Lipinski definition) is 5. The van der Waals surface area contributed by atoms with Gasteiger partial charge in [0.25, 0.3) is 0 Å². The van der Waals surface area contributed by atoms with E-state index in [4.69, 9.17) is 4.74 Å². The van der Waals surface area contributed by atoms with Gasteiger partial charge in [0, 0.05) is 44.9 Å². The highest BCUT2D eigenvalue weighted by Gasteiger charge is 2.22. The Morgan fingerprint density at radius 1 is 1.41 bits per heavy atom. The Kier molecular flexibility index (Phi) is 5.04. The van der Waals surface area contributed by atoms with Crippen molar-refractivity contribution in [2.24, 2.45) is 0 Å². The molecule has 1 aromatic rings. The van der Waals surface area contributed by atoms with E-state index < -0.39 is 0 Å². The van der Waals surface area contributed by atoms with Crippen molar-refractivity contribution in [1.29, 1.82) is 0 Å². The van der Waals surface area contributed by atoms with E-state index in [1.54, 1.807) is 0 Å². The summed E-state index contributed by atoms with van der Waals surface area (Å²) in [4.78, 5) is 18.5. The van der Waals surface area contributed by atoms with Crippen molar-refractivity contribution in [2.75, 3.05) is 32.8 Å². The molecular formula is C15H25N5O2. The Hall–Kier alpha value is -1.47. The molecule has 122 valence electrons. The summed E-state index contributed by atoms with van der Waals surface area (Å²) in [6, 6.07) is 0.386. The van der Waals surface area contributed by atoms with E-state index in [0.29, 0.717) is 25.7 Å². The molecule has 1 fully saturated rings. The smallest absolute Gasteiger partial charge is 0.224 e. The molecule has 0 radical (unpaired) electrons. The standard InChI is InChI=1S/C15H25N5O2/c1-2-13-17-14-4-3-12(11-20(14)18-13)16-6-5-15(21)19-7-9-22-10-8-19/h12,16H,2-11H2,1H3. The number of nitrogens with one attached hydrogen (secondary N) is 1. The number of carbonyl (C=O) groups is 1. The van der Waals surface area contributed by atoms with Crippen LogP contribution in [-0.4, -0.2) is 64.5 Å². The fourth-order valence-electron chi connectivity index (χ4n) is 3.03. The minimum absolute atomic E-state index is 0.223. The Bertz CT molecular complexity index is 510. The van der Waals surface area contributed by atoms with Crippen LogP contribution in [0.2, 0.25) is 0 Å². The number of ether oxygens (including phenoxy) is 1. The van der Waals surface area contributed by atoms with Crippen molar-refractivity contribution < 1.29 is 9.53 Å². The molecule has 1 amide bonds. The van der Waals surface area contributed by atoms with E-state index >= 15 is 0 Å². The van der Waals surface area contributed by atoms with Crippen LogP contribution in [0.1, 0.15) is 31.4 Å². The number of rotatable bonds is 5. The van der Waals surface area contributed by atoms with Gasteiger partial charge in [-0.2, -0.15) is 5.10 Å². The van der Waals surface area contributed by atoms with Crippen LogP contribution in [0.25, 0.3) is 0 Å². The van der Waals surface area contributed by atoms with Gasteiger partial charge in [0.2, 0.25) is 5.91 Å². The summed E-state index contributed by atoms with van der Waals surface area (Å²) in [7, 11) is 0. The number of morpholine rings is 1. The topological polar surface area (TPSA) is 72.3 Å². The molecule has 0 saturated carbocycles. The lowest BCUT2D eigenvalue weighted by Gasteiger charge is -2.28. The maximum atomic E-state index is 12.1. The average Bonchev–Trinajstić information content (AvgIpc) is 2.98. The lowest BCUT2D eigenvalue weighted by molar-refractivity contribution is -0.135. The number of hydrogen-bond donors (Lipinski definition) is 1. The van der Waals surface area contributed by atoms with E-state index in [0.717, 1.165) is 57.1 Å². The van der Waals surface area contributed by atoms with E-state index in [2.05, 4.69) is 22.3 Å². The van der Waals surface area contributed by atoms with E-state index in [1.165, 1.54) is 0 Å². The van der Waals surface area contributed by atoms with E-state index in [1.807, 2.05) is 9.58 Å². The van der Waals surface area contributed by atoms with Gasteiger partial charge in [0.1, 0.15) is 5.82 Å². The summed E-state index contributed by atoms with van der Waals surface area (Å²) in [5, 5.41) is 8.01. The number of fused-ring (bicyclic) bond motifs is 1. The molecule has 1 saturated heterocycles. The fraction of sp³-hybridized carbons (Fsp3) is 0.800. The highest BCUT2D eigenvalue weighted by atomic mass is 16.5. The molecule has 2 aliphatic heterocycles. The van der Waals surface area contributed by atoms with Gasteiger partial charge in [0.15, 0.2) is 5.82 Å². The van der Waals surface area contributed by atoms with Crippen molar-refractivity contribution >= 4 is 5.91 Å². The molecule has 0 aliphatic carbocycles. The number of aryl methyl sites for hydroxylation is 2. The summed E-state index contributed by atoms with van der Waals surface area (Å²) in [6.07, 6.45) is 3.46. The molecule has 1 aromatic heterocycles. The van der Waals surface area contributed by atoms with E-state index in [-0.39, 0.29) is 5.91 Å². The molecule has 0 aromatic carbocycles. The van der Waals surface area contributed by atoms with Crippen LogP contribution >= 0.6 is 0 Å². The SMILES string of the molecule is CCc1nc2n(n1)CC(NCCC(=O)N1CCOCC1)CC2. The first-order valence-corrected chi connectivity index (χ1v) is 8.27. The van der Waals surface area contributed by atoms with Crippen LogP contribution in [0.3, 0.4) is 0 Å². The molecule has 1 N–H and O–H groups in total. The molecular weight excluding hydrogens is 282 g/mol. The van der Waals surface area contributed by atoms with Gasteiger partial charge in [-0.15, -0.1) is 0 Å². The molecule has 1 atom stereocenters. The largest absolute Gasteiger partial charge is 0.378 e. The minimum Gasteiger partial charge on any atom is -0.378 e. The molecule has 0 bridgehead atoms. The van der Waals surface area contributed by atoms with Crippen molar-refractivity contribution in [1.82, 2.24) is 25.0 Å². The lowest BCUT2D eigenvalue weighted by Crippen LogP contribution is -2.43. The first kappa shape index (κ1) is 15.4. The zero-order chi connectivity index (χ0) is 15.4. The van der Waals surface area contributed by atoms with Crippen molar-refractivity contribution in [3.63, 3.8) is 0 Å². The predicted molar refractivity (Wildman–Crippen MR) is 81.5 cm³/mol. The number of nitrogens with zero attached hydrogens (tertiary/aromatic N) is 4. The molecule has 22 heavy (non-hydrogen) atoms. The zero-order valence-electron chi connectivity index (χ0n) is 13.3. The van der Waals surface area contributed by atoms with Gasteiger partial charge in [0.05, 0.1) is 19.8 Å². The maximum Gasteiger partial charge on any atom is 0.224 e. The Morgan fingerprint density at radius 2 is 2.23 bits per heavy atom. The van der Waals surface area contributed by atoms with Crippen molar-refractivity contribution in [2.45, 2.75) is 45.2 Å². The van der Waals surface area contributed by atoms with Gasteiger partial charge in [-0.1, -0.05) is 6.92 Å². The highest BCUT2D eigenvalue weighted by molar-refractivity contribution is 5.76. The number of amides is 1. The Labute approximate surface area is 131 Å². The third-order valence-corrected chi connectivity index (χ3v) is 4.35. The normalized spacial score (nSPS) is 21.7. The van der Waals surface area contributed by atoms with Crippen molar-refractivity contribution in [3.05, 3.63) is 11.6 Å². The van der Waals surface area contributed by atoms with Crippen LogP contribution < -0.4 is 5.32 Å². The van der Waals surface area contributed by atoms with Crippen LogP contribution in [0.4, 0.5) is 0 Å². The third-order valence-electron chi connectivity index (χ3n) is 4.35. The molecule has 7 heteroatoms. The highest BCUT2D eigenvalue weighted by Crippen LogP contribution is 2.13. The summed E-state index contributed by atoms with van der Waals surface area (Å²) in [5.41, 5.74) is 0. The van der Waals surface area contributed by atoms with Crippen LogP contribution in [-0.2, 0) is 28.9 Å². The van der Waals surface area contributed by atoms with Crippen LogP contribution in [0, 0.1) is 0 Å². The molecule has 3 rings (SSSR count). The van der Waals surface area contributed by atoms with Gasteiger partial charge >= 0.3 is 0 Å². The molecule has 7 nitrogen and oxygen atoms in total. The first-order valence-electron chi connectivity index (χ1n) is 8.27. The molecule has 1 unspecified atom stereocenters. The molecule has 3 heterocycles. The maximum absolute atomic E-state index is 12.1. The monoisotopic (exact) mass is 307 g/mol. The Morgan fingerprint density at radius 3 is 3.00 bits per heavy atom. The van der Waals surface area contributed by atoms with E-state index in [9.17, 15) is 4.79 Å². The lowest BCUT2D eigenvalue weighted by atomic mass is 10.1. The van der Waals surface area contributed by atoms with Gasteiger partial charge in [-0.3, -0.25) is 4.79 Å². The summed E-state index contributed by atoms with van der Waals surface area (Å²) in [5.74, 6) is 2.25. The van der Waals surface area contributed by atoms with Crippen molar-refractivity contribution in [3.8, 4) is 0 Å². The molecule has 0 spiro atoms. The fourth-order valence-corrected chi connectivity index (χ4v) is 3.03. The summed E-state index contributed by atoms with van der Waals surface area (Å²) < 4.78 is 7.29. The quantitative estimate of drug-likeness (QED) is 0.828. The van der Waals surface area contributed by atoms with Gasteiger partial charge in [-0.05, 0) is 6.42 Å². The van der Waals surface area contributed by atoms with Gasteiger partial charge < -0.3 is 15.0 Å². The second-order valence-corrected chi connectivity index (χ2v) is 5.91. The minimum atomic E-state index is 0.223. The Balaban J connectivity index is 1.41. The second-order valence-electron chi connectivity index (χ2n) is 5.91. The third kappa shape index (κ3) is 3.64. The average molecular weight is 307 g/mol.